The highest BCUT2D eigenvalue weighted by atomic mass is 32.2. The number of halogens is 1. The van der Waals surface area contributed by atoms with Crippen molar-refractivity contribution in [3.8, 4) is 0 Å². The molecule has 1 aliphatic rings. The van der Waals surface area contributed by atoms with E-state index in [1.54, 1.807) is 39.0 Å². The van der Waals surface area contributed by atoms with Crippen LogP contribution in [0.15, 0.2) is 59.7 Å². The van der Waals surface area contributed by atoms with Gasteiger partial charge in [0.05, 0.1) is 13.1 Å². The molecule has 1 atom stereocenters. The van der Waals surface area contributed by atoms with Crippen LogP contribution in [0.3, 0.4) is 0 Å². The minimum atomic E-state index is -1.15. The van der Waals surface area contributed by atoms with E-state index in [1.165, 1.54) is 29.8 Å². The predicted octanol–water partition coefficient (Wildman–Crippen LogP) is 3.58. The molecule has 2 N–H and O–H groups in total. The highest BCUT2D eigenvalue weighted by Crippen LogP contribution is 2.47. The first kappa shape index (κ1) is 25.2. The molecule has 3 rings (SSSR count). The van der Waals surface area contributed by atoms with Gasteiger partial charge in [0.1, 0.15) is 16.5 Å². The summed E-state index contributed by atoms with van der Waals surface area (Å²) in [5, 5.41) is 11.2. The molecule has 0 aliphatic carbocycles. The molecule has 1 aliphatic heterocycles. The van der Waals surface area contributed by atoms with Gasteiger partial charge in [-0.15, -0.1) is 0 Å². The maximum atomic E-state index is 14.5. The number of hydrogen-bond donors (Lipinski definition) is 2. The Labute approximate surface area is 201 Å². The molecule has 0 saturated carbocycles. The van der Waals surface area contributed by atoms with Crippen molar-refractivity contribution >= 4 is 34.7 Å². The van der Waals surface area contributed by atoms with Gasteiger partial charge in [0.25, 0.3) is 0 Å². The molecular formula is C24H27FN4O4S. The number of ether oxygens (including phenoxy) is 1. The first-order chi connectivity index (χ1) is 16.0. The highest BCUT2D eigenvalue weighted by molar-refractivity contribution is 8.15. The summed E-state index contributed by atoms with van der Waals surface area (Å²) >= 11 is 1.18. The van der Waals surface area contributed by atoms with Gasteiger partial charge >= 0.3 is 6.09 Å². The first-order valence-electron chi connectivity index (χ1n) is 10.6. The van der Waals surface area contributed by atoms with E-state index in [-0.39, 0.29) is 24.6 Å². The number of carbonyl (C=O) groups excluding carboxylic acids is 3. The average molecular weight is 487 g/mol. The fourth-order valence-electron chi connectivity index (χ4n) is 3.30. The SMILES string of the molecule is CC(=O)N1N=C(c2ccccc2F)SC1(CNC(=O)CNC(=O)OC(C)(C)C)c1ccccc1. The molecule has 0 aromatic heterocycles. The van der Waals surface area contributed by atoms with E-state index in [0.29, 0.717) is 10.6 Å². The number of thioether (sulfide) groups is 1. The molecule has 0 saturated heterocycles. The maximum Gasteiger partial charge on any atom is 0.408 e. The molecule has 10 heteroatoms. The molecule has 0 spiro atoms. The number of benzene rings is 2. The van der Waals surface area contributed by atoms with Gasteiger partial charge in [0.2, 0.25) is 11.8 Å². The molecule has 8 nitrogen and oxygen atoms in total. The third-order valence-electron chi connectivity index (χ3n) is 4.74. The topological polar surface area (TPSA) is 100 Å². The van der Waals surface area contributed by atoms with Gasteiger partial charge in [-0.2, -0.15) is 5.10 Å². The van der Waals surface area contributed by atoms with Crippen molar-refractivity contribution in [3.05, 3.63) is 71.5 Å². The van der Waals surface area contributed by atoms with Crippen molar-refractivity contribution < 1.29 is 23.5 Å². The number of nitrogens with one attached hydrogen (secondary N) is 2. The summed E-state index contributed by atoms with van der Waals surface area (Å²) in [7, 11) is 0. The van der Waals surface area contributed by atoms with E-state index < -0.39 is 28.3 Å². The Balaban J connectivity index is 1.83. The van der Waals surface area contributed by atoms with Crippen LogP contribution in [-0.4, -0.2) is 46.7 Å². The smallest absolute Gasteiger partial charge is 0.408 e. The third kappa shape index (κ3) is 5.93. The van der Waals surface area contributed by atoms with Crippen LogP contribution in [0.1, 0.15) is 38.8 Å². The number of carbonyl (C=O) groups is 3. The van der Waals surface area contributed by atoms with E-state index in [1.807, 2.05) is 30.3 Å². The summed E-state index contributed by atoms with van der Waals surface area (Å²) in [5.74, 6) is -1.32. The molecule has 1 heterocycles. The summed E-state index contributed by atoms with van der Waals surface area (Å²) in [5.41, 5.74) is 0.265. The van der Waals surface area contributed by atoms with Crippen LogP contribution in [0.4, 0.5) is 9.18 Å². The molecule has 2 aromatic carbocycles. The minimum absolute atomic E-state index is 0.0302. The van der Waals surface area contributed by atoms with Crippen molar-refractivity contribution in [1.29, 1.82) is 0 Å². The standard InChI is InChI=1S/C24H27FN4O4S/c1-16(30)29-24(17-10-6-5-7-11-17,34-21(28-29)18-12-8-9-13-19(18)25)15-27-20(31)14-26-22(32)33-23(2,3)4/h5-13H,14-15H2,1-4H3,(H,26,32)(H,27,31). The van der Waals surface area contributed by atoms with E-state index in [4.69, 9.17) is 4.74 Å². The number of amides is 3. The van der Waals surface area contributed by atoms with Crippen LogP contribution in [0.25, 0.3) is 0 Å². The lowest BCUT2D eigenvalue weighted by molar-refractivity contribution is -0.133. The lowest BCUT2D eigenvalue weighted by atomic mass is 10.1. The van der Waals surface area contributed by atoms with Crippen LogP contribution in [0.5, 0.6) is 0 Å². The fourth-order valence-corrected chi connectivity index (χ4v) is 4.68. The van der Waals surface area contributed by atoms with Crippen molar-refractivity contribution in [2.24, 2.45) is 5.10 Å². The maximum absolute atomic E-state index is 14.5. The Kier molecular flexibility index (Phi) is 7.61. The zero-order valence-corrected chi connectivity index (χ0v) is 20.2. The van der Waals surface area contributed by atoms with Gasteiger partial charge in [-0.1, -0.05) is 54.2 Å². The highest BCUT2D eigenvalue weighted by Gasteiger charge is 2.48. The predicted molar refractivity (Wildman–Crippen MR) is 128 cm³/mol. The monoisotopic (exact) mass is 486 g/mol. The lowest BCUT2D eigenvalue weighted by Gasteiger charge is -2.35. The average Bonchev–Trinajstić information content (AvgIpc) is 3.17. The van der Waals surface area contributed by atoms with E-state index in [9.17, 15) is 18.8 Å². The van der Waals surface area contributed by atoms with Gasteiger partial charge < -0.3 is 15.4 Å². The second kappa shape index (κ2) is 10.3. The summed E-state index contributed by atoms with van der Waals surface area (Å²) in [6.07, 6.45) is -0.716. The molecule has 180 valence electrons. The lowest BCUT2D eigenvalue weighted by Crippen LogP contribution is -2.50. The van der Waals surface area contributed by atoms with Crippen LogP contribution < -0.4 is 10.6 Å². The van der Waals surface area contributed by atoms with E-state index in [2.05, 4.69) is 15.7 Å². The zero-order valence-electron chi connectivity index (χ0n) is 19.4. The van der Waals surface area contributed by atoms with Crippen molar-refractivity contribution in [2.45, 2.75) is 38.2 Å². The summed E-state index contributed by atoms with van der Waals surface area (Å²) in [6.45, 7) is 6.17. The number of rotatable bonds is 6. The Morgan fingerprint density at radius 1 is 1.06 bits per heavy atom. The summed E-state index contributed by atoms with van der Waals surface area (Å²) < 4.78 is 19.6. The molecule has 1 unspecified atom stereocenters. The van der Waals surface area contributed by atoms with Crippen molar-refractivity contribution in [2.75, 3.05) is 13.1 Å². The zero-order chi connectivity index (χ0) is 24.9. The first-order valence-corrected chi connectivity index (χ1v) is 11.5. The quantitative estimate of drug-likeness (QED) is 0.650. The fraction of sp³-hybridized carbons (Fsp3) is 0.333. The molecule has 0 bridgehead atoms. The Hall–Kier alpha value is -3.40. The number of alkyl carbamates (subject to hydrolysis) is 1. The summed E-state index contributed by atoms with van der Waals surface area (Å²) in [6, 6.07) is 15.2. The van der Waals surface area contributed by atoms with Gasteiger partial charge in [0.15, 0.2) is 4.87 Å². The van der Waals surface area contributed by atoms with Gasteiger partial charge in [-0.25, -0.2) is 14.2 Å². The molecule has 34 heavy (non-hydrogen) atoms. The third-order valence-corrected chi connectivity index (χ3v) is 6.13. The molecule has 0 radical (unpaired) electrons. The molecular weight excluding hydrogens is 459 g/mol. The van der Waals surface area contributed by atoms with Crippen molar-refractivity contribution in [1.82, 2.24) is 15.6 Å². The largest absolute Gasteiger partial charge is 0.444 e. The van der Waals surface area contributed by atoms with Crippen molar-refractivity contribution in [3.63, 3.8) is 0 Å². The minimum Gasteiger partial charge on any atom is -0.444 e. The van der Waals surface area contributed by atoms with Crippen LogP contribution in [0, 0.1) is 5.82 Å². The van der Waals surface area contributed by atoms with E-state index in [0.717, 1.165) is 0 Å². The Morgan fingerprint density at radius 3 is 2.32 bits per heavy atom. The Bertz CT molecular complexity index is 1100. The van der Waals surface area contributed by atoms with Crippen LogP contribution >= 0.6 is 11.8 Å². The number of hydrazone groups is 1. The Morgan fingerprint density at radius 2 is 1.71 bits per heavy atom. The van der Waals surface area contributed by atoms with Crippen LogP contribution in [-0.2, 0) is 19.2 Å². The van der Waals surface area contributed by atoms with Gasteiger partial charge in [0, 0.05) is 12.5 Å². The number of nitrogens with zero attached hydrogens (tertiary/aromatic N) is 2. The number of hydrogen-bond acceptors (Lipinski definition) is 6. The molecule has 0 fully saturated rings. The van der Waals surface area contributed by atoms with Crippen LogP contribution in [0.2, 0.25) is 0 Å². The molecule has 2 aromatic rings. The van der Waals surface area contributed by atoms with E-state index >= 15 is 0 Å². The summed E-state index contributed by atoms with van der Waals surface area (Å²) in [4.78, 5) is 35.9. The second-order valence-corrected chi connectivity index (χ2v) is 9.87. The normalized spacial score (nSPS) is 17.7. The second-order valence-electron chi connectivity index (χ2n) is 8.60. The molecule has 3 amide bonds. The van der Waals surface area contributed by atoms with Gasteiger partial charge in [-0.05, 0) is 38.5 Å². The van der Waals surface area contributed by atoms with Gasteiger partial charge in [-0.3, -0.25) is 9.59 Å².